The molecule has 30 heavy (non-hydrogen) atoms. The Labute approximate surface area is 196 Å². The largest absolute Gasteiger partial charge is 0.497 e. The highest BCUT2D eigenvalue weighted by Gasteiger charge is 2.10. The number of nitrogens with one attached hydrogen (secondary N) is 2. The number of benzene rings is 1. The molecule has 0 spiro atoms. The number of guanidine groups is 1. The van der Waals surface area contributed by atoms with E-state index in [1.165, 1.54) is 5.56 Å². The van der Waals surface area contributed by atoms with E-state index in [9.17, 15) is 0 Å². The molecule has 0 atom stereocenters. The van der Waals surface area contributed by atoms with Gasteiger partial charge in [0.15, 0.2) is 5.96 Å². The van der Waals surface area contributed by atoms with E-state index in [2.05, 4.69) is 28.5 Å². The molecule has 1 aliphatic heterocycles. The molecule has 8 heteroatoms. The molecule has 0 saturated carbocycles. The lowest BCUT2D eigenvalue weighted by Gasteiger charge is -2.26. The number of morpholine rings is 1. The molecule has 0 bridgehead atoms. The van der Waals surface area contributed by atoms with Gasteiger partial charge in [0.05, 0.1) is 33.1 Å². The van der Waals surface area contributed by atoms with E-state index in [0.717, 1.165) is 75.4 Å². The number of aliphatic imine (C=N–C) groups is 1. The van der Waals surface area contributed by atoms with Gasteiger partial charge in [-0.15, -0.1) is 24.0 Å². The summed E-state index contributed by atoms with van der Waals surface area (Å²) in [6.07, 6.45) is 2.52. The van der Waals surface area contributed by atoms with Crippen LogP contribution in [0.3, 0.4) is 0 Å². The third-order valence-corrected chi connectivity index (χ3v) is 4.83. The zero-order valence-electron chi connectivity index (χ0n) is 17.9. The number of halogens is 1. The number of ether oxygens (including phenoxy) is 2. The SMILES string of the molecule is COc1cc(C)cc(CN=C(NCCc2ccco2)NCCN2CCOCC2)c1.I. The number of hydrogen-bond donors (Lipinski definition) is 2. The molecular formula is C22H33IN4O3. The quantitative estimate of drug-likeness (QED) is 0.297. The van der Waals surface area contributed by atoms with Crippen molar-refractivity contribution in [1.82, 2.24) is 15.5 Å². The Morgan fingerprint density at radius 1 is 1.17 bits per heavy atom. The maximum Gasteiger partial charge on any atom is 0.191 e. The number of aryl methyl sites for hydroxylation is 1. The van der Waals surface area contributed by atoms with Gasteiger partial charge >= 0.3 is 0 Å². The minimum Gasteiger partial charge on any atom is -0.497 e. The molecule has 0 amide bonds. The highest BCUT2D eigenvalue weighted by molar-refractivity contribution is 14.0. The Hall–Kier alpha value is -1.78. The minimum atomic E-state index is 0. The molecule has 1 saturated heterocycles. The standard InChI is InChI=1S/C22H32N4O3.HI/c1-18-14-19(16-21(15-18)27-2)17-25-22(23-6-5-20-4-3-11-29-20)24-7-8-26-9-12-28-13-10-26;/h3-4,11,14-16H,5-10,12-13,17H2,1-2H3,(H2,23,24,25);1H. The molecule has 1 aromatic carbocycles. The van der Waals surface area contributed by atoms with Crippen LogP contribution in [0, 0.1) is 6.92 Å². The van der Waals surface area contributed by atoms with Crippen LogP contribution in [-0.2, 0) is 17.7 Å². The van der Waals surface area contributed by atoms with Crippen LogP contribution in [0.4, 0.5) is 0 Å². The zero-order valence-corrected chi connectivity index (χ0v) is 20.2. The fraction of sp³-hybridized carbons (Fsp3) is 0.500. The van der Waals surface area contributed by atoms with E-state index in [-0.39, 0.29) is 24.0 Å². The van der Waals surface area contributed by atoms with Gasteiger partial charge in [-0.25, -0.2) is 4.99 Å². The van der Waals surface area contributed by atoms with Gasteiger partial charge in [0.1, 0.15) is 11.5 Å². The van der Waals surface area contributed by atoms with Crippen molar-refractivity contribution in [1.29, 1.82) is 0 Å². The summed E-state index contributed by atoms with van der Waals surface area (Å²) in [5.74, 6) is 2.64. The Kier molecular flexibility index (Phi) is 11.0. The predicted octanol–water partition coefficient (Wildman–Crippen LogP) is 2.82. The number of rotatable bonds is 9. The lowest BCUT2D eigenvalue weighted by atomic mass is 10.1. The van der Waals surface area contributed by atoms with Crippen LogP contribution in [0.5, 0.6) is 5.75 Å². The van der Waals surface area contributed by atoms with Gasteiger partial charge in [-0.2, -0.15) is 0 Å². The van der Waals surface area contributed by atoms with E-state index >= 15 is 0 Å². The summed E-state index contributed by atoms with van der Waals surface area (Å²) in [4.78, 5) is 7.18. The molecule has 0 aliphatic carbocycles. The molecule has 1 aromatic heterocycles. The van der Waals surface area contributed by atoms with Crippen LogP contribution in [-0.4, -0.2) is 63.9 Å². The molecule has 2 aromatic rings. The van der Waals surface area contributed by atoms with Crippen molar-refractivity contribution in [2.24, 2.45) is 4.99 Å². The molecule has 1 aliphatic rings. The van der Waals surface area contributed by atoms with Gasteiger partial charge in [0, 0.05) is 39.1 Å². The summed E-state index contributed by atoms with van der Waals surface area (Å²) in [5, 5.41) is 6.87. The van der Waals surface area contributed by atoms with Crippen molar-refractivity contribution >= 4 is 29.9 Å². The summed E-state index contributed by atoms with van der Waals surface area (Å²) in [6, 6.07) is 10.1. The fourth-order valence-corrected chi connectivity index (χ4v) is 3.29. The normalized spacial score (nSPS) is 14.8. The van der Waals surface area contributed by atoms with Gasteiger partial charge in [0.2, 0.25) is 0 Å². The molecule has 1 fully saturated rings. The van der Waals surface area contributed by atoms with Crippen molar-refractivity contribution < 1.29 is 13.9 Å². The van der Waals surface area contributed by atoms with Crippen LogP contribution in [0.1, 0.15) is 16.9 Å². The molecule has 3 rings (SSSR count). The van der Waals surface area contributed by atoms with Gasteiger partial charge in [-0.3, -0.25) is 4.90 Å². The predicted molar refractivity (Wildman–Crippen MR) is 130 cm³/mol. The number of hydrogen-bond acceptors (Lipinski definition) is 5. The van der Waals surface area contributed by atoms with Gasteiger partial charge < -0.3 is 24.5 Å². The van der Waals surface area contributed by atoms with E-state index < -0.39 is 0 Å². The smallest absolute Gasteiger partial charge is 0.191 e. The molecule has 166 valence electrons. The first-order valence-corrected chi connectivity index (χ1v) is 10.2. The maximum absolute atomic E-state index is 5.41. The first-order chi connectivity index (χ1) is 14.2. The van der Waals surface area contributed by atoms with Crippen LogP contribution in [0.25, 0.3) is 0 Å². The highest BCUT2D eigenvalue weighted by atomic mass is 127. The summed E-state index contributed by atoms with van der Waals surface area (Å²) >= 11 is 0. The average molecular weight is 528 g/mol. The van der Waals surface area contributed by atoms with Crippen LogP contribution in [0.15, 0.2) is 46.0 Å². The topological polar surface area (TPSA) is 71.3 Å². The van der Waals surface area contributed by atoms with Crippen molar-refractivity contribution in [3.63, 3.8) is 0 Å². The molecular weight excluding hydrogens is 495 g/mol. The Morgan fingerprint density at radius 3 is 2.70 bits per heavy atom. The molecule has 2 heterocycles. The summed E-state index contributed by atoms with van der Waals surface area (Å²) < 4.78 is 16.2. The third kappa shape index (κ3) is 8.53. The maximum atomic E-state index is 5.41. The second kappa shape index (κ2) is 13.5. The minimum absolute atomic E-state index is 0. The Morgan fingerprint density at radius 2 is 1.97 bits per heavy atom. The van der Waals surface area contributed by atoms with Crippen molar-refractivity contribution in [3.8, 4) is 5.75 Å². The van der Waals surface area contributed by atoms with Crippen LogP contribution < -0.4 is 15.4 Å². The van der Waals surface area contributed by atoms with E-state index in [1.54, 1.807) is 13.4 Å². The highest BCUT2D eigenvalue weighted by Crippen LogP contribution is 2.17. The van der Waals surface area contributed by atoms with E-state index in [4.69, 9.17) is 18.9 Å². The van der Waals surface area contributed by atoms with Crippen LogP contribution >= 0.6 is 24.0 Å². The lowest BCUT2D eigenvalue weighted by molar-refractivity contribution is 0.0389. The summed E-state index contributed by atoms with van der Waals surface area (Å²) in [5.41, 5.74) is 2.30. The van der Waals surface area contributed by atoms with Crippen molar-refractivity contribution in [3.05, 3.63) is 53.5 Å². The lowest BCUT2D eigenvalue weighted by Crippen LogP contribution is -2.44. The first-order valence-electron chi connectivity index (χ1n) is 10.2. The van der Waals surface area contributed by atoms with Gasteiger partial charge in [0.25, 0.3) is 0 Å². The fourth-order valence-electron chi connectivity index (χ4n) is 3.29. The monoisotopic (exact) mass is 528 g/mol. The van der Waals surface area contributed by atoms with E-state index in [1.807, 2.05) is 24.3 Å². The van der Waals surface area contributed by atoms with Crippen molar-refractivity contribution in [2.75, 3.05) is 53.0 Å². The second-order valence-electron chi connectivity index (χ2n) is 7.16. The van der Waals surface area contributed by atoms with Gasteiger partial charge in [-0.1, -0.05) is 6.07 Å². The molecule has 7 nitrogen and oxygen atoms in total. The molecule has 0 radical (unpaired) electrons. The zero-order chi connectivity index (χ0) is 20.3. The van der Waals surface area contributed by atoms with E-state index in [0.29, 0.717) is 6.54 Å². The Bertz CT molecular complexity index is 762. The third-order valence-electron chi connectivity index (χ3n) is 4.83. The first kappa shape index (κ1) is 24.5. The average Bonchev–Trinajstić information content (AvgIpc) is 3.25. The molecule has 2 N–H and O–H groups in total. The number of methoxy groups -OCH3 is 1. The number of nitrogens with zero attached hydrogens (tertiary/aromatic N) is 2. The summed E-state index contributed by atoms with van der Waals surface area (Å²) in [7, 11) is 1.69. The Balaban J connectivity index is 0.00000320. The molecule has 0 unspecified atom stereocenters. The number of furan rings is 1. The second-order valence-corrected chi connectivity index (χ2v) is 7.16. The van der Waals surface area contributed by atoms with Crippen molar-refractivity contribution in [2.45, 2.75) is 19.9 Å². The summed E-state index contributed by atoms with van der Waals surface area (Å²) in [6.45, 7) is 8.84. The van der Waals surface area contributed by atoms with Crippen LogP contribution in [0.2, 0.25) is 0 Å². The van der Waals surface area contributed by atoms with Gasteiger partial charge in [-0.05, 0) is 42.3 Å².